The molecule has 2 aliphatic rings. The summed E-state index contributed by atoms with van der Waals surface area (Å²) in [4.78, 5) is 11.5. The van der Waals surface area contributed by atoms with Gasteiger partial charge in [-0.3, -0.25) is 0 Å². The van der Waals surface area contributed by atoms with Gasteiger partial charge in [-0.05, 0) is 6.42 Å². The van der Waals surface area contributed by atoms with Crippen LogP contribution in [0, 0.1) is 11.8 Å². The summed E-state index contributed by atoms with van der Waals surface area (Å²) in [5, 5.41) is 0. The minimum Gasteiger partial charge on any atom is -0.467 e. The second kappa shape index (κ2) is 4.33. The highest BCUT2D eigenvalue weighted by molar-refractivity contribution is 5.75. The fourth-order valence-electron chi connectivity index (χ4n) is 2.47. The first-order valence-corrected chi connectivity index (χ1v) is 5.18. The Morgan fingerprint density at radius 3 is 2.93 bits per heavy atom. The van der Waals surface area contributed by atoms with Gasteiger partial charge >= 0.3 is 5.97 Å². The molecule has 4 nitrogen and oxygen atoms in total. The summed E-state index contributed by atoms with van der Waals surface area (Å²) >= 11 is 0. The molecule has 1 saturated heterocycles. The van der Waals surface area contributed by atoms with Gasteiger partial charge in [-0.2, -0.15) is 0 Å². The maximum absolute atomic E-state index is 11.5. The van der Waals surface area contributed by atoms with Crippen molar-refractivity contribution in [1.29, 1.82) is 0 Å². The number of methoxy groups -OCH3 is 2. The summed E-state index contributed by atoms with van der Waals surface area (Å²) < 4.78 is 15.5. The molecule has 1 heterocycles. The normalized spacial score (nSPS) is 35.2. The third kappa shape index (κ3) is 1.79. The maximum Gasteiger partial charge on any atom is 0.335 e. The molecule has 0 aromatic rings. The van der Waals surface area contributed by atoms with E-state index in [0.29, 0.717) is 5.92 Å². The van der Waals surface area contributed by atoms with E-state index < -0.39 is 6.10 Å². The molecule has 4 heteroatoms. The van der Waals surface area contributed by atoms with Crippen molar-refractivity contribution in [2.45, 2.75) is 18.6 Å². The lowest BCUT2D eigenvalue weighted by atomic mass is 9.88. The van der Waals surface area contributed by atoms with Gasteiger partial charge in [0.1, 0.15) is 0 Å². The number of hydrogen-bond donors (Lipinski definition) is 0. The quantitative estimate of drug-likeness (QED) is 0.512. The van der Waals surface area contributed by atoms with E-state index in [-0.39, 0.29) is 18.0 Å². The SMILES string of the molecule is COC(=O)[C@H](OC)C1C=CC2OCCC21. The Bertz CT molecular complexity index is 274. The molecule has 2 rings (SSSR count). The Hall–Kier alpha value is -0.870. The van der Waals surface area contributed by atoms with Gasteiger partial charge in [0.2, 0.25) is 0 Å². The highest BCUT2D eigenvalue weighted by atomic mass is 16.6. The Labute approximate surface area is 89.2 Å². The smallest absolute Gasteiger partial charge is 0.335 e. The van der Waals surface area contributed by atoms with Crippen molar-refractivity contribution >= 4 is 5.97 Å². The highest BCUT2D eigenvalue weighted by Gasteiger charge is 2.43. The second-order valence-corrected chi connectivity index (χ2v) is 3.93. The van der Waals surface area contributed by atoms with Crippen molar-refractivity contribution in [2.24, 2.45) is 11.8 Å². The van der Waals surface area contributed by atoms with Crippen LogP contribution in [-0.4, -0.2) is 39.0 Å². The molecular formula is C11H16O4. The average Bonchev–Trinajstić information content (AvgIpc) is 2.82. The molecule has 0 N–H and O–H groups in total. The van der Waals surface area contributed by atoms with Crippen molar-refractivity contribution in [3.63, 3.8) is 0 Å². The lowest BCUT2D eigenvalue weighted by molar-refractivity contribution is -0.155. The van der Waals surface area contributed by atoms with Gasteiger partial charge in [-0.1, -0.05) is 12.2 Å². The maximum atomic E-state index is 11.5. The zero-order valence-electron chi connectivity index (χ0n) is 9.01. The van der Waals surface area contributed by atoms with E-state index in [0.717, 1.165) is 13.0 Å². The van der Waals surface area contributed by atoms with Crippen LogP contribution in [-0.2, 0) is 19.0 Å². The van der Waals surface area contributed by atoms with Crippen molar-refractivity contribution in [3.8, 4) is 0 Å². The van der Waals surface area contributed by atoms with Gasteiger partial charge in [0.15, 0.2) is 6.10 Å². The van der Waals surface area contributed by atoms with E-state index in [1.54, 1.807) is 7.11 Å². The standard InChI is InChI=1S/C11H16O4/c1-13-10(11(12)14-2)8-3-4-9-7(8)5-6-15-9/h3-4,7-10H,5-6H2,1-2H3/t7?,8?,9?,10-/m1/s1. The topological polar surface area (TPSA) is 44.8 Å². The monoisotopic (exact) mass is 212 g/mol. The Morgan fingerprint density at radius 1 is 1.47 bits per heavy atom. The minimum atomic E-state index is -0.497. The molecule has 0 radical (unpaired) electrons. The summed E-state index contributed by atoms with van der Waals surface area (Å²) in [5.74, 6) is 0.156. The number of rotatable bonds is 3. The van der Waals surface area contributed by atoms with Crippen LogP contribution in [0.4, 0.5) is 0 Å². The fourth-order valence-corrected chi connectivity index (χ4v) is 2.47. The summed E-state index contributed by atoms with van der Waals surface area (Å²) in [5.41, 5.74) is 0. The lowest BCUT2D eigenvalue weighted by Crippen LogP contribution is -2.35. The van der Waals surface area contributed by atoms with Crippen molar-refractivity contribution in [3.05, 3.63) is 12.2 Å². The summed E-state index contributed by atoms with van der Waals surface area (Å²) in [6, 6.07) is 0. The van der Waals surface area contributed by atoms with E-state index in [1.807, 2.05) is 12.2 Å². The summed E-state index contributed by atoms with van der Waals surface area (Å²) in [7, 11) is 2.92. The Morgan fingerprint density at radius 2 is 2.27 bits per heavy atom. The Balaban J connectivity index is 2.09. The van der Waals surface area contributed by atoms with Gasteiger partial charge < -0.3 is 14.2 Å². The summed E-state index contributed by atoms with van der Waals surface area (Å²) in [6.45, 7) is 0.772. The number of fused-ring (bicyclic) bond motifs is 1. The van der Waals surface area contributed by atoms with Crippen LogP contribution < -0.4 is 0 Å². The van der Waals surface area contributed by atoms with Gasteiger partial charge in [0.05, 0.1) is 13.2 Å². The van der Waals surface area contributed by atoms with Gasteiger partial charge in [0.25, 0.3) is 0 Å². The van der Waals surface area contributed by atoms with Crippen molar-refractivity contribution in [2.75, 3.05) is 20.8 Å². The first kappa shape index (κ1) is 10.6. The lowest BCUT2D eigenvalue weighted by Gasteiger charge is -2.23. The van der Waals surface area contributed by atoms with Crippen molar-refractivity contribution < 1.29 is 19.0 Å². The molecule has 0 spiro atoms. The number of esters is 1. The molecule has 0 aromatic heterocycles. The number of carbonyl (C=O) groups excluding carboxylic acids is 1. The molecular weight excluding hydrogens is 196 g/mol. The van der Waals surface area contributed by atoms with Crippen LogP contribution in [0.15, 0.2) is 12.2 Å². The first-order chi connectivity index (χ1) is 7.27. The van der Waals surface area contributed by atoms with E-state index in [9.17, 15) is 4.79 Å². The average molecular weight is 212 g/mol. The molecule has 84 valence electrons. The molecule has 1 aliphatic carbocycles. The molecule has 0 bridgehead atoms. The van der Waals surface area contributed by atoms with Crippen LogP contribution in [0.5, 0.6) is 0 Å². The van der Waals surface area contributed by atoms with Crippen LogP contribution in [0.2, 0.25) is 0 Å². The molecule has 15 heavy (non-hydrogen) atoms. The zero-order chi connectivity index (χ0) is 10.8. The first-order valence-electron chi connectivity index (χ1n) is 5.18. The number of ether oxygens (including phenoxy) is 3. The highest BCUT2D eigenvalue weighted by Crippen LogP contribution is 2.38. The van der Waals surface area contributed by atoms with E-state index in [1.165, 1.54) is 7.11 Å². The van der Waals surface area contributed by atoms with Crippen LogP contribution in [0.3, 0.4) is 0 Å². The third-order valence-electron chi connectivity index (χ3n) is 3.24. The Kier molecular flexibility index (Phi) is 3.07. The molecule has 0 amide bonds. The minimum absolute atomic E-state index is 0.0925. The molecule has 4 atom stereocenters. The largest absolute Gasteiger partial charge is 0.467 e. The fraction of sp³-hybridized carbons (Fsp3) is 0.727. The number of carbonyl (C=O) groups is 1. The molecule has 3 unspecified atom stereocenters. The zero-order valence-corrected chi connectivity index (χ0v) is 9.01. The molecule has 1 fully saturated rings. The molecule has 0 aromatic carbocycles. The van der Waals surface area contributed by atoms with Gasteiger partial charge in [-0.25, -0.2) is 4.79 Å². The van der Waals surface area contributed by atoms with Crippen LogP contribution in [0.1, 0.15) is 6.42 Å². The van der Waals surface area contributed by atoms with E-state index in [2.05, 4.69) is 0 Å². The predicted octanol–water partition coefficient (Wildman–Crippen LogP) is 0.765. The van der Waals surface area contributed by atoms with Gasteiger partial charge in [0, 0.05) is 25.6 Å². The van der Waals surface area contributed by atoms with Crippen LogP contribution >= 0.6 is 0 Å². The van der Waals surface area contributed by atoms with Gasteiger partial charge in [-0.15, -0.1) is 0 Å². The second-order valence-electron chi connectivity index (χ2n) is 3.93. The predicted molar refractivity (Wildman–Crippen MR) is 53.3 cm³/mol. The number of hydrogen-bond acceptors (Lipinski definition) is 4. The summed E-state index contributed by atoms with van der Waals surface area (Å²) in [6.07, 6.45) is 4.69. The molecule has 0 saturated carbocycles. The van der Waals surface area contributed by atoms with Crippen LogP contribution in [0.25, 0.3) is 0 Å². The molecule has 1 aliphatic heterocycles. The van der Waals surface area contributed by atoms with E-state index in [4.69, 9.17) is 14.2 Å². The van der Waals surface area contributed by atoms with Crippen molar-refractivity contribution in [1.82, 2.24) is 0 Å². The third-order valence-corrected chi connectivity index (χ3v) is 3.24. The van der Waals surface area contributed by atoms with E-state index >= 15 is 0 Å².